The Morgan fingerprint density at radius 1 is 1.02 bits per heavy atom. The van der Waals surface area contributed by atoms with Gasteiger partial charge in [0, 0.05) is 17.3 Å². The summed E-state index contributed by atoms with van der Waals surface area (Å²) in [6.45, 7) is 10.4. The average molecular weight is 675 g/mol. The van der Waals surface area contributed by atoms with E-state index in [4.69, 9.17) is 24.3 Å². The van der Waals surface area contributed by atoms with E-state index in [1.165, 1.54) is 17.4 Å². The van der Waals surface area contributed by atoms with Crippen LogP contribution in [-0.4, -0.2) is 40.6 Å². The Kier molecular flexibility index (Phi) is 10.1. The Labute approximate surface area is 288 Å². The quantitative estimate of drug-likeness (QED) is 0.115. The van der Waals surface area contributed by atoms with Crippen LogP contribution in [0.1, 0.15) is 44.4 Å². The van der Waals surface area contributed by atoms with Gasteiger partial charge in [-0.15, -0.1) is 0 Å². The van der Waals surface area contributed by atoms with Crippen molar-refractivity contribution in [3.63, 3.8) is 0 Å². The molecule has 0 saturated heterocycles. The van der Waals surface area contributed by atoms with E-state index < -0.39 is 12.0 Å². The highest BCUT2D eigenvalue weighted by molar-refractivity contribution is 7.07. The number of para-hydroxylation sites is 1. The lowest BCUT2D eigenvalue weighted by molar-refractivity contribution is -0.138. The van der Waals surface area contributed by atoms with Gasteiger partial charge in [0.05, 0.1) is 41.2 Å². The highest BCUT2D eigenvalue weighted by Crippen LogP contribution is 2.32. The van der Waals surface area contributed by atoms with Crippen LogP contribution in [0, 0.1) is 5.92 Å². The number of fused-ring (bicyclic) bond motifs is 1. The summed E-state index contributed by atoms with van der Waals surface area (Å²) in [6, 6.07) is 24.2. The molecule has 0 N–H and O–H groups in total. The molecule has 10 heteroatoms. The molecule has 1 unspecified atom stereocenters. The van der Waals surface area contributed by atoms with Crippen molar-refractivity contribution in [2.24, 2.45) is 10.9 Å². The number of allylic oxidation sites excluding steroid dienone is 1. The van der Waals surface area contributed by atoms with Crippen molar-refractivity contribution in [2.75, 3.05) is 20.3 Å². The summed E-state index contributed by atoms with van der Waals surface area (Å²) in [5.41, 5.74) is 4.44. The van der Waals surface area contributed by atoms with Crippen LogP contribution in [0.2, 0.25) is 0 Å². The summed E-state index contributed by atoms with van der Waals surface area (Å²) in [7, 11) is 1.59. The molecule has 49 heavy (non-hydrogen) atoms. The fourth-order valence-electron chi connectivity index (χ4n) is 5.59. The van der Waals surface area contributed by atoms with Crippen molar-refractivity contribution in [1.82, 2.24) is 14.3 Å². The summed E-state index contributed by atoms with van der Waals surface area (Å²) >= 11 is 1.27. The van der Waals surface area contributed by atoms with Gasteiger partial charge in [0.25, 0.3) is 5.56 Å². The van der Waals surface area contributed by atoms with E-state index in [1.807, 2.05) is 83.7 Å². The van der Waals surface area contributed by atoms with Crippen LogP contribution in [0.15, 0.2) is 119 Å². The summed E-state index contributed by atoms with van der Waals surface area (Å²) in [4.78, 5) is 32.9. The third-order valence-electron chi connectivity index (χ3n) is 8.15. The summed E-state index contributed by atoms with van der Waals surface area (Å²) in [5.74, 6) is 1.45. The fourth-order valence-corrected chi connectivity index (χ4v) is 6.63. The Hall–Kier alpha value is -5.48. The van der Waals surface area contributed by atoms with Gasteiger partial charge in [-0.05, 0) is 79.4 Å². The maximum absolute atomic E-state index is 14.4. The minimum absolute atomic E-state index is 0.0363. The number of hydrogen-bond donors (Lipinski definition) is 0. The summed E-state index contributed by atoms with van der Waals surface area (Å²) < 4.78 is 20.6. The van der Waals surface area contributed by atoms with Gasteiger partial charge in [-0.1, -0.05) is 68.2 Å². The fraction of sp³-hybridized carbons (Fsp3) is 0.231. The smallest absolute Gasteiger partial charge is 0.338 e. The lowest BCUT2D eigenvalue weighted by atomic mass is 9.96. The molecule has 6 rings (SSSR count). The number of benzene rings is 3. The Balaban J connectivity index is 1.47. The van der Waals surface area contributed by atoms with E-state index in [0.717, 1.165) is 34.5 Å². The zero-order valence-corrected chi connectivity index (χ0v) is 28.8. The van der Waals surface area contributed by atoms with Gasteiger partial charge in [0.15, 0.2) is 4.80 Å². The molecule has 0 amide bonds. The predicted octanol–water partition coefficient (Wildman–Crippen LogP) is 6.25. The minimum Gasteiger partial charge on any atom is -0.497 e. The molecule has 0 radical (unpaired) electrons. The molecule has 1 atom stereocenters. The molecule has 0 fully saturated rings. The second kappa shape index (κ2) is 14.7. The van der Waals surface area contributed by atoms with Gasteiger partial charge in [-0.25, -0.2) is 14.5 Å². The van der Waals surface area contributed by atoms with Gasteiger partial charge in [-0.3, -0.25) is 9.36 Å². The van der Waals surface area contributed by atoms with Crippen LogP contribution in [0.25, 0.3) is 23.0 Å². The molecule has 0 spiro atoms. The van der Waals surface area contributed by atoms with Gasteiger partial charge in [-0.2, -0.15) is 5.10 Å². The number of hydrogen-bond acceptors (Lipinski definition) is 8. The first-order chi connectivity index (χ1) is 23.8. The van der Waals surface area contributed by atoms with Gasteiger partial charge in [0.2, 0.25) is 0 Å². The predicted molar refractivity (Wildman–Crippen MR) is 192 cm³/mol. The maximum atomic E-state index is 14.4. The average Bonchev–Trinajstić information content (AvgIpc) is 3.67. The molecule has 9 nitrogen and oxygen atoms in total. The largest absolute Gasteiger partial charge is 0.497 e. The van der Waals surface area contributed by atoms with Gasteiger partial charge in [0.1, 0.15) is 23.8 Å². The van der Waals surface area contributed by atoms with E-state index in [2.05, 4.69) is 20.4 Å². The normalized spacial score (nSPS) is 14.4. The highest BCUT2D eigenvalue weighted by Gasteiger charge is 2.33. The molecule has 2 aromatic heterocycles. The number of carbonyl (C=O) groups is 1. The second-order valence-corrected chi connectivity index (χ2v) is 13.0. The molecule has 3 aromatic carbocycles. The number of carbonyl (C=O) groups excluding carboxylic acids is 1. The Morgan fingerprint density at radius 2 is 1.73 bits per heavy atom. The van der Waals surface area contributed by atoms with E-state index in [-0.39, 0.29) is 12.2 Å². The molecular formula is C39H38N4O5S. The molecule has 0 saturated carbocycles. The first-order valence-corrected chi connectivity index (χ1v) is 16.9. The van der Waals surface area contributed by atoms with E-state index >= 15 is 0 Å². The zero-order chi connectivity index (χ0) is 34.5. The second-order valence-electron chi connectivity index (χ2n) is 12.0. The van der Waals surface area contributed by atoms with Crippen LogP contribution in [0.4, 0.5) is 0 Å². The minimum atomic E-state index is -0.753. The lowest BCUT2D eigenvalue weighted by Crippen LogP contribution is -2.39. The van der Waals surface area contributed by atoms with Crippen molar-refractivity contribution in [3.8, 4) is 28.4 Å². The van der Waals surface area contributed by atoms with Crippen LogP contribution in [0.5, 0.6) is 11.5 Å². The SMILES string of the molecule is C=CCOC(=O)C1=C(C)N=c2sc(=Cc3cn(-c4ccccc4)nc3-c3ccc(OCCC(C)C)cc3)c(=O)n2C1c1ccc(OC)cc1. The van der Waals surface area contributed by atoms with Crippen molar-refractivity contribution < 1.29 is 19.0 Å². The van der Waals surface area contributed by atoms with Crippen LogP contribution < -0.4 is 24.4 Å². The first kappa shape index (κ1) is 33.4. The van der Waals surface area contributed by atoms with E-state index in [9.17, 15) is 9.59 Å². The lowest BCUT2D eigenvalue weighted by Gasteiger charge is -2.24. The van der Waals surface area contributed by atoms with Crippen molar-refractivity contribution >= 4 is 23.4 Å². The van der Waals surface area contributed by atoms with Crippen molar-refractivity contribution in [3.05, 3.63) is 140 Å². The van der Waals surface area contributed by atoms with Gasteiger partial charge < -0.3 is 14.2 Å². The molecule has 3 heterocycles. The van der Waals surface area contributed by atoms with Crippen molar-refractivity contribution in [1.29, 1.82) is 0 Å². The summed E-state index contributed by atoms with van der Waals surface area (Å²) in [5, 5.41) is 4.96. The number of rotatable bonds is 12. The zero-order valence-electron chi connectivity index (χ0n) is 28.0. The van der Waals surface area contributed by atoms with E-state index in [1.54, 1.807) is 30.7 Å². The Bertz CT molecular complexity index is 2180. The molecule has 5 aromatic rings. The van der Waals surface area contributed by atoms with Crippen molar-refractivity contribution in [2.45, 2.75) is 33.2 Å². The molecule has 0 aliphatic carbocycles. The third-order valence-corrected chi connectivity index (χ3v) is 9.13. The first-order valence-electron chi connectivity index (χ1n) is 16.1. The molecule has 0 bridgehead atoms. The standard InChI is InChI=1S/C39H38N4O5S/c1-6-21-48-38(45)34-26(4)40-39-43(36(34)28-14-16-31(46-5)17-15-28)37(44)33(49-39)23-29-24-42(30-10-8-7-9-11-30)41-35(29)27-12-18-32(19-13-27)47-22-20-25(2)3/h6-19,23-25,36H,1,20-22H2,2-5H3. The van der Waals surface area contributed by atoms with Crippen LogP contribution in [-0.2, 0) is 9.53 Å². The molecule has 1 aliphatic heterocycles. The number of esters is 1. The topological polar surface area (TPSA) is 96.9 Å². The summed E-state index contributed by atoms with van der Waals surface area (Å²) in [6.07, 6.45) is 6.24. The Morgan fingerprint density at radius 3 is 2.41 bits per heavy atom. The third kappa shape index (κ3) is 7.19. The molecule has 250 valence electrons. The van der Waals surface area contributed by atoms with E-state index in [0.29, 0.717) is 44.6 Å². The number of ether oxygens (including phenoxy) is 3. The maximum Gasteiger partial charge on any atom is 0.338 e. The monoisotopic (exact) mass is 674 g/mol. The van der Waals surface area contributed by atoms with Crippen LogP contribution in [0.3, 0.4) is 0 Å². The van der Waals surface area contributed by atoms with Crippen LogP contribution >= 0.6 is 11.3 Å². The highest BCUT2D eigenvalue weighted by atomic mass is 32.1. The van der Waals surface area contributed by atoms with Gasteiger partial charge >= 0.3 is 5.97 Å². The number of nitrogens with zero attached hydrogens (tertiary/aromatic N) is 4. The number of thiazole rings is 1. The number of aromatic nitrogens is 3. The molecular weight excluding hydrogens is 637 g/mol. The molecule has 1 aliphatic rings. The number of methoxy groups -OCH3 is 1.